The van der Waals surface area contributed by atoms with Crippen molar-refractivity contribution in [2.45, 2.75) is 58.2 Å². The Morgan fingerprint density at radius 2 is 2.00 bits per heavy atom. The van der Waals surface area contributed by atoms with Gasteiger partial charge >= 0.3 is 0 Å². The Morgan fingerprint density at radius 1 is 1.38 bits per heavy atom. The van der Waals surface area contributed by atoms with Gasteiger partial charge in [0.1, 0.15) is 0 Å². The van der Waals surface area contributed by atoms with Crippen LogP contribution in [0.1, 0.15) is 40.0 Å². The lowest BCUT2D eigenvalue weighted by Crippen LogP contribution is -2.50. The van der Waals surface area contributed by atoms with Gasteiger partial charge < -0.3 is 10.1 Å². The molecule has 1 unspecified atom stereocenters. The molecule has 1 N–H and O–H groups in total. The molecule has 1 aliphatic carbocycles. The standard InChI is InChI=1S/C11H23NO/c1-5-11(8(2)3)12-9-6-10(7-9)13-4/h8-12H,5-7H2,1-4H3. The van der Waals surface area contributed by atoms with Crippen molar-refractivity contribution in [3.8, 4) is 0 Å². The number of hydrogen-bond acceptors (Lipinski definition) is 2. The Morgan fingerprint density at radius 3 is 2.38 bits per heavy atom. The molecule has 0 heterocycles. The Labute approximate surface area is 82.0 Å². The summed E-state index contributed by atoms with van der Waals surface area (Å²) in [4.78, 5) is 0. The van der Waals surface area contributed by atoms with Gasteiger partial charge in [-0.25, -0.2) is 0 Å². The summed E-state index contributed by atoms with van der Waals surface area (Å²) >= 11 is 0. The lowest BCUT2D eigenvalue weighted by atomic mass is 9.87. The van der Waals surface area contributed by atoms with Gasteiger partial charge in [-0.15, -0.1) is 0 Å². The van der Waals surface area contributed by atoms with Crippen LogP contribution >= 0.6 is 0 Å². The van der Waals surface area contributed by atoms with Gasteiger partial charge in [0.15, 0.2) is 0 Å². The molecule has 2 nitrogen and oxygen atoms in total. The molecule has 2 heteroatoms. The van der Waals surface area contributed by atoms with Crippen molar-refractivity contribution in [1.82, 2.24) is 5.32 Å². The van der Waals surface area contributed by atoms with E-state index in [4.69, 9.17) is 4.74 Å². The topological polar surface area (TPSA) is 21.3 Å². The maximum absolute atomic E-state index is 5.25. The van der Waals surface area contributed by atoms with Gasteiger partial charge in [-0.05, 0) is 25.2 Å². The highest BCUT2D eigenvalue weighted by atomic mass is 16.5. The Balaban J connectivity index is 2.17. The van der Waals surface area contributed by atoms with E-state index in [2.05, 4.69) is 26.1 Å². The molecule has 0 bridgehead atoms. The highest BCUT2D eigenvalue weighted by molar-refractivity contribution is 4.88. The van der Waals surface area contributed by atoms with Crippen molar-refractivity contribution in [2.75, 3.05) is 7.11 Å². The molecule has 13 heavy (non-hydrogen) atoms. The van der Waals surface area contributed by atoms with Crippen LogP contribution in [0.25, 0.3) is 0 Å². The van der Waals surface area contributed by atoms with E-state index in [1.54, 1.807) is 7.11 Å². The first-order valence-electron chi connectivity index (χ1n) is 5.46. The van der Waals surface area contributed by atoms with Crippen LogP contribution in [-0.2, 0) is 4.74 Å². The molecule has 1 aliphatic rings. The molecule has 1 rings (SSSR count). The summed E-state index contributed by atoms with van der Waals surface area (Å²) in [5, 5.41) is 3.69. The predicted molar refractivity (Wildman–Crippen MR) is 55.9 cm³/mol. The van der Waals surface area contributed by atoms with Crippen molar-refractivity contribution in [1.29, 1.82) is 0 Å². The number of methoxy groups -OCH3 is 1. The lowest BCUT2D eigenvalue weighted by molar-refractivity contribution is 0.0123. The van der Waals surface area contributed by atoms with E-state index < -0.39 is 0 Å². The summed E-state index contributed by atoms with van der Waals surface area (Å²) in [5.74, 6) is 0.742. The molecule has 0 aromatic rings. The maximum Gasteiger partial charge on any atom is 0.0601 e. The average Bonchev–Trinajstić information content (AvgIpc) is 2.02. The molecule has 78 valence electrons. The van der Waals surface area contributed by atoms with Crippen molar-refractivity contribution in [3.63, 3.8) is 0 Å². The van der Waals surface area contributed by atoms with Crippen LogP contribution in [0.2, 0.25) is 0 Å². The zero-order chi connectivity index (χ0) is 9.84. The second-order valence-electron chi connectivity index (χ2n) is 4.45. The van der Waals surface area contributed by atoms with Gasteiger partial charge in [0.2, 0.25) is 0 Å². The van der Waals surface area contributed by atoms with E-state index in [9.17, 15) is 0 Å². The molecule has 1 saturated carbocycles. The molecule has 0 aromatic heterocycles. The Hall–Kier alpha value is -0.0800. The van der Waals surface area contributed by atoms with Crippen LogP contribution < -0.4 is 5.32 Å². The summed E-state index contributed by atoms with van der Waals surface area (Å²) in [6, 6.07) is 1.39. The van der Waals surface area contributed by atoms with Crippen LogP contribution in [0, 0.1) is 5.92 Å². The quantitative estimate of drug-likeness (QED) is 0.709. The first-order valence-corrected chi connectivity index (χ1v) is 5.46. The second kappa shape index (κ2) is 4.97. The largest absolute Gasteiger partial charge is 0.381 e. The highest BCUT2D eigenvalue weighted by Crippen LogP contribution is 2.24. The maximum atomic E-state index is 5.25. The van der Waals surface area contributed by atoms with Gasteiger partial charge in [-0.1, -0.05) is 20.8 Å². The third-order valence-corrected chi connectivity index (χ3v) is 3.12. The summed E-state index contributed by atoms with van der Waals surface area (Å²) < 4.78 is 5.25. The minimum Gasteiger partial charge on any atom is -0.381 e. The van der Waals surface area contributed by atoms with Gasteiger partial charge in [-0.2, -0.15) is 0 Å². The summed E-state index contributed by atoms with van der Waals surface area (Å²) in [6.45, 7) is 6.82. The van der Waals surface area contributed by atoms with Crippen LogP contribution in [-0.4, -0.2) is 25.3 Å². The zero-order valence-corrected chi connectivity index (χ0v) is 9.34. The molecule has 0 saturated heterocycles. The molecule has 1 atom stereocenters. The molecule has 0 radical (unpaired) electrons. The molecule has 0 spiro atoms. The molecule has 1 fully saturated rings. The fourth-order valence-electron chi connectivity index (χ4n) is 1.98. The van der Waals surface area contributed by atoms with Gasteiger partial charge in [0.05, 0.1) is 6.10 Å². The lowest BCUT2D eigenvalue weighted by Gasteiger charge is -2.38. The Bertz CT molecular complexity index is 141. The van der Waals surface area contributed by atoms with Crippen LogP contribution in [0.4, 0.5) is 0 Å². The molecule has 0 aliphatic heterocycles. The second-order valence-corrected chi connectivity index (χ2v) is 4.45. The summed E-state index contributed by atoms with van der Waals surface area (Å²) in [5.41, 5.74) is 0. The fraction of sp³-hybridized carbons (Fsp3) is 1.00. The molecule has 0 amide bonds. The van der Waals surface area contributed by atoms with E-state index >= 15 is 0 Å². The zero-order valence-electron chi connectivity index (χ0n) is 9.34. The first kappa shape index (κ1) is 11.0. The van der Waals surface area contributed by atoms with Gasteiger partial charge in [-0.3, -0.25) is 0 Å². The Kier molecular flexibility index (Phi) is 4.20. The van der Waals surface area contributed by atoms with E-state index in [0.717, 1.165) is 5.92 Å². The number of ether oxygens (including phenoxy) is 1. The van der Waals surface area contributed by atoms with E-state index in [1.165, 1.54) is 19.3 Å². The minimum atomic E-state index is 0.516. The normalized spacial score (nSPS) is 30.2. The number of nitrogens with one attached hydrogen (secondary N) is 1. The SMILES string of the molecule is CCC(NC1CC(OC)C1)C(C)C. The van der Waals surface area contributed by atoms with Crippen molar-refractivity contribution in [2.24, 2.45) is 5.92 Å². The summed E-state index contributed by atoms with van der Waals surface area (Å²) in [6.07, 6.45) is 4.13. The van der Waals surface area contributed by atoms with E-state index in [0.29, 0.717) is 18.2 Å². The fourth-order valence-corrected chi connectivity index (χ4v) is 1.98. The first-order chi connectivity index (χ1) is 6.17. The number of hydrogen-bond donors (Lipinski definition) is 1. The van der Waals surface area contributed by atoms with Crippen molar-refractivity contribution < 1.29 is 4.74 Å². The molecular formula is C11H23NO. The van der Waals surface area contributed by atoms with Gasteiger partial charge in [0.25, 0.3) is 0 Å². The third-order valence-electron chi connectivity index (χ3n) is 3.12. The number of rotatable bonds is 5. The molecule has 0 aromatic carbocycles. The highest BCUT2D eigenvalue weighted by Gasteiger charge is 2.30. The van der Waals surface area contributed by atoms with E-state index in [1.807, 2.05) is 0 Å². The smallest absolute Gasteiger partial charge is 0.0601 e. The monoisotopic (exact) mass is 185 g/mol. The van der Waals surface area contributed by atoms with Gasteiger partial charge in [0, 0.05) is 19.2 Å². The van der Waals surface area contributed by atoms with Crippen molar-refractivity contribution in [3.05, 3.63) is 0 Å². The van der Waals surface area contributed by atoms with Crippen LogP contribution in [0.3, 0.4) is 0 Å². The predicted octanol–water partition coefficient (Wildman–Crippen LogP) is 2.19. The van der Waals surface area contributed by atoms with Crippen molar-refractivity contribution >= 4 is 0 Å². The van der Waals surface area contributed by atoms with Crippen LogP contribution in [0.5, 0.6) is 0 Å². The van der Waals surface area contributed by atoms with E-state index in [-0.39, 0.29) is 0 Å². The van der Waals surface area contributed by atoms with Crippen LogP contribution in [0.15, 0.2) is 0 Å². The average molecular weight is 185 g/mol. The third kappa shape index (κ3) is 2.96. The summed E-state index contributed by atoms with van der Waals surface area (Å²) in [7, 11) is 1.81. The molecular weight excluding hydrogens is 162 g/mol. The minimum absolute atomic E-state index is 0.516.